The number of imidazole rings is 1. The van der Waals surface area contributed by atoms with E-state index in [1.165, 1.54) is 0 Å². The Kier molecular flexibility index (Phi) is 3.27. The van der Waals surface area contributed by atoms with Gasteiger partial charge in [-0.15, -0.1) is 0 Å². The van der Waals surface area contributed by atoms with E-state index >= 15 is 0 Å². The first kappa shape index (κ1) is 11.4. The van der Waals surface area contributed by atoms with Crippen LogP contribution in [0.2, 0.25) is 0 Å². The Hall–Kier alpha value is -2.04. The van der Waals surface area contributed by atoms with Gasteiger partial charge in [-0.3, -0.25) is 0 Å². The molecule has 0 spiro atoms. The van der Waals surface area contributed by atoms with E-state index in [1.807, 2.05) is 30.8 Å². The lowest BCUT2D eigenvalue weighted by molar-refractivity contribution is 0.788. The molecule has 5 nitrogen and oxygen atoms in total. The smallest absolute Gasteiger partial charge is 0.149 e. The number of nitrogens with zero attached hydrogens (tertiary/aromatic N) is 3. The number of nitrogen functional groups attached to an aromatic ring is 1. The van der Waals surface area contributed by atoms with E-state index in [0.717, 1.165) is 30.2 Å². The Morgan fingerprint density at radius 2 is 2.18 bits per heavy atom. The molecular formula is C12H17N5. The van der Waals surface area contributed by atoms with Gasteiger partial charge in [0.1, 0.15) is 11.6 Å². The molecule has 0 saturated heterocycles. The van der Waals surface area contributed by atoms with E-state index in [4.69, 9.17) is 5.73 Å². The largest absolute Gasteiger partial charge is 0.396 e. The normalized spacial score (nSPS) is 10.5. The molecule has 0 aliphatic carbocycles. The quantitative estimate of drug-likeness (QED) is 0.833. The van der Waals surface area contributed by atoms with Crippen LogP contribution in [0, 0.1) is 6.92 Å². The first-order chi connectivity index (χ1) is 8.18. The lowest BCUT2D eigenvalue weighted by atomic mass is 10.2. The van der Waals surface area contributed by atoms with Crippen LogP contribution in [0.4, 0.5) is 11.5 Å². The Morgan fingerprint density at radius 3 is 2.88 bits per heavy atom. The van der Waals surface area contributed by atoms with Crippen LogP contribution < -0.4 is 11.1 Å². The summed E-state index contributed by atoms with van der Waals surface area (Å²) in [6.07, 6.45) is 6.34. The second kappa shape index (κ2) is 4.86. The van der Waals surface area contributed by atoms with Crippen molar-refractivity contribution in [3.63, 3.8) is 0 Å². The van der Waals surface area contributed by atoms with Crippen LogP contribution in [-0.4, -0.2) is 21.1 Å². The number of nitrogens with one attached hydrogen (secondary N) is 1. The molecular weight excluding hydrogens is 214 g/mol. The van der Waals surface area contributed by atoms with Gasteiger partial charge < -0.3 is 15.6 Å². The zero-order chi connectivity index (χ0) is 12.3. The molecule has 2 aromatic heterocycles. The van der Waals surface area contributed by atoms with Crippen molar-refractivity contribution in [2.45, 2.75) is 13.3 Å². The Labute approximate surface area is 101 Å². The summed E-state index contributed by atoms with van der Waals surface area (Å²) in [5, 5.41) is 3.23. The number of hydrogen-bond donors (Lipinski definition) is 2. The summed E-state index contributed by atoms with van der Waals surface area (Å²) in [4.78, 5) is 8.48. The maximum Gasteiger partial charge on any atom is 0.149 e. The highest BCUT2D eigenvalue weighted by atomic mass is 15.0. The fraction of sp³-hybridized carbons (Fsp3) is 0.333. The number of rotatable bonds is 4. The van der Waals surface area contributed by atoms with E-state index in [2.05, 4.69) is 15.3 Å². The molecule has 0 unspecified atom stereocenters. The molecule has 0 amide bonds. The van der Waals surface area contributed by atoms with Crippen molar-refractivity contribution in [3.8, 4) is 0 Å². The van der Waals surface area contributed by atoms with Crippen LogP contribution in [0.3, 0.4) is 0 Å². The first-order valence-electron chi connectivity index (χ1n) is 5.59. The van der Waals surface area contributed by atoms with Gasteiger partial charge in [0.05, 0.1) is 5.69 Å². The number of anilines is 2. The zero-order valence-corrected chi connectivity index (χ0v) is 10.1. The van der Waals surface area contributed by atoms with Crippen molar-refractivity contribution in [2.75, 3.05) is 17.6 Å². The van der Waals surface area contributed by atoms with Crippen LogP contribution in [0.25, 0.3) is 0 Å². The maximum absolute atomic E-state index is 5.93. The van der Waals surface area contributed by atoms with Crippen molar-refractivity contribution >= 4 is 11.5 Å². The van der Waals surface area contributed by atoms with Gasteiger partial charge in [0.25, 0.3) is 0 Å². The lowest BCUT2D eigenvalue weighted by Crippen LogP contribution is -2.11. The van der Waals surface area contributed by atoms with Crippen LogP contribution in [0.15, 0.2) is 24.7 Å². The van der Waals surface area contributed by atoms with E-state index < -0.39 is 0 Å². The summed E-state index contributed by atoms with van der Waals surface area (Å²) >= 11 is 0. The van der Waals surface area contributed by atoms with Crippen LogP contribution >= 0.6 is 0 Å². The van der Waals surface area contributed by atoms with Gasteiger partial charge in [-0.25, -0.2) is 9.97 Å². The minimum absolute atomic E-state index is 0.715. The molecule has 90 valence electrons. The van der Waals surface area contributed by atoms with E-state index in [1.54, 1.807) is 12.4 Å². The summed E-state index contributed by atoms with van der Waals surface area (Å²) in [6.45, 7) is 2.74. The Morgan fingerprint density at radius 1 is 1.35 bits per heavy atom. The van der Waals surface area contributed by atoms with Crippen LogP contribution in [-0.2, 0) is 13.5 Å². The Balaban J connectivity index is 1.95. The lowest BCUT2D eigenvalue weighted by Gasteiger charge is -2.09. The van der Waals surface area contributed by atoms with Crippen LogP contribution in [0.5, 0.6) is 0 Å². The van der Waals surface area contributed by atoms with Crippen molar-refractivity contribution in [3.05, 3.63) is 36.0 Å². The van der Waals surface area contributed by atoms with E-state index in [9.17, 15) is 0 Å². The van der Waals surface area contributed by atoms with Gasteiger partial charge in [-0.1, -0.05) is 0 Å². The van der Waals surface area contributed by atoms with Gasteiger partial charge >= 0.3 is 0 Å². The summed E-state index contributed by atoms with van der Waals surface area (Å²) in [5.74, 6) is 1.79. The predicted octanol–water partition coefficient (Wildman–Crippen LogP) is 1.36. The Bertz CT molecular complexity index is 503. The number of nitrogens with two attached hydrogens (primary N) is 1. The third-order valence-electron chi connectivity index (χ3n) is 2.77. The van der Waals surface area contributed by atoms with Gasteiger partial charge in [-0.2, -0.15) is 0 Å². The molecule has 0 aliphatic rings. The molecule has 0 aromatic carbocycles. The van der Waals surface area contributed by atoms with Crippen molar-refractivity contribution in [2.24, 2.45) is 7.05 Å². The number of pyridine rings is 1. The molecule has 5 heteroatoms. The molecule has 2 aromatic rings. The molecule has 0 bridgehead atoms. The minimum atomic E-state index is 0.715. The molecule has 2 rings (SSSR count). The first-order valence-corrected chi connectivity index (χ1v) is 5.59. The topological polar surface area (TPSA) is 68.8 Å². The highest BCUT2D eigenvalue weighted by Crippen LogP contribution is 2.18. The fourth-order valence-electron chi connectivity index (χ4n) is 1.64. The standard InChI is InChI=1S/C12H17N5/c1-9-3-5-15-12(11(9)13)16-6-4-10-14-7-8-17(10)2/h3,5,7-8H,4,6,13H2,1-2H3,(H,15,16). The summed E-state index contributed by atoms with van der Waals surface area (Å²) < 4.78 is 2.01. The number of hydrogen-bond acceptors (Lipinski definition) is 4. The van der Waals surface area contributed by atoms with Gasteiger partial charge in [-0.05, 0) is 18.6 Å². The third kappa shape index (κ3) is 2.55. The summed E-state index contributed by atoms with van der Waals surface area (Å²) in [5.41, 5.74) is 7.68. The van der Waals surface area contributed by atoms with Crippen LogP contribution in [0.1, 0.15) is 11.4 Å². The van der Waals surface area contributed by atoms with E-state index in [0.29, 0.717) is 5.69 Å². The van der Waals surface area contributed by atoms with Gasteiger partial charge in [0.2, 0.25) is 0 Å². The van der Waals surface area contributed by atoms with Crippen molar-refractivity contribution < 1.29 is 0 Å². The summed E-state index contributed by atoms with van der Waals surface area (Å²) in [6, 6.07) is 1.90. The molecule has 0 aliphatic heterocycles. The molecule has 2 heterocycles. The molecule has 17 heavy (non-hydrogen) atoms. The SMILES string of the molecule is Cc1ccnc(NCCc2nccn2C)c1N. The van der Waals surface area contributed by atoms with Crippen molar-refractivity contribution in [1.82, 2.24) is 14.5 Å². The highest BCUT2D eigenvalue weighted by molar-refractivity contribution is 5.64. The third-order valence-corrected chi connectivity index (χ3v) is 2.77. The molecule has 0 saturated carbocycles. The second-order valence-corrected chi connectivity index (χ2v) is 4.02. The average molecular weight is 231 g/mol. The monoisotopic (exact) mass is 231 g/mol. The molecule has 0 radical (unpaired) electrons. The van der Waals surface area contributed by atoms with Crippen molar-refractivity contribution in [1.29, 1.82) is 0 Å². The molecule has 0 fully saturated rings. The molecule has 0 atom stereocenters. The van der Waals surface area contributed by atoms with Gasteiger partial charge in [0, 0.05) is 38.6 Å². The van der Waals surface area contributed by atoms with E-state index in [-0.39, 0.29) is 0 Å². The minimum Gasteiger partial charge on any atom is -0.396 e. The number of aryl methyl sites for hydroxylation is 2. The fourth-order valence-corrected chi connectivity index (χ4v) is 1.64. The summed E-state index contributed by atoms with van der Waals surface area (Å²) in [7, 11) is 1.99. The average Bonchev–Trinajstić information content (AvgIpc) is 2.71. The maximum atomic E-state index is 5.93. The number of aromatic nitrogens is 3. The highest BCUT2D eigenvalue weighted by Gasteiger charge is 2.03. The molecule has 3 N–H and O–H groups in total. The van der Waals surface area contributed by atoms with Gasteiger partial charge in [0.15, 0.2) is 0 Å². The predicted molar refractivity (Wildman–Crippen MR) is 68.8 cm³/mol. The second-order valence-electron chi connectivity index (χ2n) is 4.02. The zero-order valence-electron chi connectivity index (χ0n) is 10.1.